The molecule has 0 heterocycles. The number of hydrogen-bond acceptors (Lipinski definition) is 5. The monoisotopic (exact) mass is 624 g/mol. The number of aliphatic hydroxyl groups excluding tert-OH is 1. The van der Waals surface area contributed by atoms with Crippen LogP contribution < -0.4 is 5.73 Å². The van der Waals surface area contributed by atoms with Crippen molar-refractivity contribution in [2.75, 3.05) is 6.61 Å². The Kier molecular flexibility index (Phi) is 35.7. The molecular formula is C39H77NO4. The molecule has 0 aliphatic rings. The van der Waals surface area contributed by atoms with Gasteiger partial charge in [-0.1, -0.05) is 212 Å². The molecule has 0 aromatic carbocycles. The van der Waals surface area contributed by atoms with Crippen molar-refractivity contribution in [1.82, 2.24) is 0 Å². The second-order valence-corrected chi connectivity index (χ2v) is 13.6. The highest BCUT2D eigenvalue weighted by molar-refractivity contribution is 5.88. The molecule has 262 valence electrons. The molecule has 0 bridgehead atoms. The third kappa shape index (κ3) is 33.9. The smallest absolute Gasteiger partial charge is 0.332 e. The van der Waals surface area contributed by atoms with Crippen molar-refractivity contribution >= 4 is 11.9 Å². The van der Waals surface area contributed by atoms with Crippen LogP contribution in [-0.2, 0) is 14.3 Å². The summed E-state index contributed by atoms with van der Waals surface area (Å²) >= 11 is 0. The van der Waals surface area contributed by atoms with Crippen LogP contribution in [0.15, 0.2) is 0 Å². The van der Waals surface area contributed by atoms with Gasteiger partial charge >= 0.3 is 11.9 Å². The van der Waals surface area contributed by atoms with E-state index in [-0.39, 0.29) is 6.42 Å². The van der Waals surface area contributed by atoms with E-state index in [1.54, 1.807) is 0 Å². The Morgan fingerprint density at radius 3 is 0.909 bits per heavy atom. The molecule has 0 rings (SSSR count). The maximum absolute atomic E-state index is 11.6. The number of rotatable bonds is 36. The summed E-state index contributed by atoms with van der Waals surface area (Å²) in [4.78, 5) is 22.9. The fourth-order valence-electron chi connectivity index (χ4n) is 6.14. The van der Waals surface area contributed by atoms with Gasteiger partial charge in [-0.15, -0.1) is 0 Å². The van der Waals surface area contributed by atoms with E-state index in [1.807, 2.05) is 0 Å². The number of esters is 2. The van der Waals surface area contributed by atoms with Crippen molar-refractivity contribution in [1.29, 1.82) is 0 Å². The van der Waals surface area contributed by atoms with Crippen LogP contribution in [0.4, 0.5) is 0 Å². The molecule has 0 saturated heterocycles. The average molecular weight is 624 g/mol. The zero-order valence-electron chi connectivity index (χ0n) is 29.6. The third-order valence-corrected chi connectivity index (χ3v) is 9.20. The SMILES string of the molecule is CCCCCCCCCCCCCCCCCCCCCCCCCCCCCCCCCCCC(=O)OC(=O)[C@@H](N)CO. The van der Waals surface area contributed by atoms with Gasteiger partial charge in [-0.05, 0) is 6.42 Å². The summed E-state index contributed by atoms with van der Waals surface area (Å²) in [6.45, 7) is 1.79. The lowest BCUT2D eigenvalue weighted by atomic mass is 10.0. The summed E-state index contributed by atoms with van der Waals surface area (Å²) in [5.74, 6) is -1.39. The molecule has 0 unspecified atom stereocenters. The van der Waals surface area contributed by atoms with Gasteiger partial charge in [0.1, 0.15) is 6.04 Å². The first-order chi connectivity index (χ1) is 21.6. The molecular weight excluding hydrogens is 546 g/mol. The largest absolute Gasteiger partial charge is 0.394 e. The predicted molar refractivity (Wildman–Crippen MR) is 189 cm³/mol. The quantitative estimate of drug-likeness (QED) is 0.0411. The molecule has 5 nitrogen and oxygen atoms in total. The second kappa shape index (κ2) is 36.5. The van der Waals surface area contributed by atoms with Crippen LogP contribution >= 0.6 is 0 Å². The number of carbonyl (C=O) groups is 2. The highest BCUT2D eigenvalue weighted by atomic mass is 16.6. The fourth-order valence-corrected chi connectivity index (χ4v) is 6.14. The van der Waals surface area contributed by atoms with Crippen molar-refractivity contribution < 1.29 is 19.4 Å². The molecule has 0 spiro atoms. The molecule has 0 saturated carbocycles. The molecule has 0 fully saturated rings. The summed E-state index contributed by atoms with van der Waals surface area (Å²) in [7, 11) is 0. The zero-order valence-corrected chi connectivity index (χ0v) is 29.6. The number of nitrogens with two attached hydrogens (primary N) is 1. The Bertz CT molecular complexity index is 597. The van der Waals surface area contributed by atoms with Gasteiger partial charge in [-0.2, -0.15) is 0 Å². The molecule has 0 aromatic heterocycles. The van der Waals surface area contributed by atoms with E-state index in [0.717, 1.165) is 19.3 Å². The Hall–Kier alpha value is -0.940. The highest BCUT2D eigenvalue weighted by Crippen LogP contribution is 2.17. The van der Waals surface area contributed by atoms with E-state index >= 15 is 0 Å². The first kappa shape index (κ1) is 43.1. The number of carbonyl (C=O) groups excluding carboxylic acids is 2. The molecule has 1 atom stereocenters. The van der Waals surface area contributed by atoms with Crippen molar-refractivity contribution in [2.24, 2.45) is 5.73 Å². The summed E-state index contributed by atoms with van der Waals surface area (Å²) in [5, 5.41) is 8.78. The van der Waals surface area contributed by atoms with E-state index in [1.165, 1.54) is 193 Å². The molecule has 0 radical (unpaired) electrons. The van der Waals surface area contributed by atoms with E-state index in [0.29, 0.717) is 0 Å². The van der Waals surface area contributed by atoms with Crippen molar-refractivity contribution in [3.8, 4) is 0 Å². The Labute approximate surface area is 274 Å². The summed E-state index contributed by atoms with van der Waals surface area (Å²) < 4.78 is 4.61. The second-order valence-electron chi connectivity index (χ2n) is 13.6. The first-order valence-electron chi connectivity index (χ1n) is 19.7. The lowest BCUT2D eigenvalue weighted by Crippen LogP contribution is -2.36. The van der Waals surface area contributed by atoms with Crippen LogP contribution in [0.25, 0.3) is 0 Å². The lowest BCUT2D eigenvalue weighted by molar-refractivity contribution is -0.161. The fraction of sp³-hybridized carbons (Fsp3) is 0.949. The minimum atomic E-state index is -1.13. The van der Waals surface area contributed by atoms with E-state index in [2.05, 4.69) is 11.7 Å². The van der Waals surface area contributed by atoms with Gasteiger partial charge in [-0.25, -0.2) is 4.79 Å². The Morgan fingerprint density at radius 2 is 0.682 bits per heavy atom. The molecule has 0 aliphatic heterocycles. The van der Waals surface area contributed by atoms with Gasteiger partial charge in [0, 0.05) is 6.42 Å². The predicted octanol–water partition coefficient (Wildman–Crippen LogP) is 11.7. The molecule has 3 N–H and O–H groups in total. The highest BCUT2D eigenvalue weighted by Gasteiger charge is 2.17. The van der Waals surface area contributed by atoms with Gasteiger partial charge < -0.3 is 15.6 Å². The minimum Gasteiger partial charge on any atom is -0.394 e. The van der Waals surface area contributed by atoms with E-state index in [9.17, 15) is 9.59 Å². The summed E-state index contributed by atoms with van der Waals surface area (Å²) in [6, 6.07) is -1.13. The normalized spacial score (nSPS) is 12.1. The average Bonchev–Trinajstić information content (AvgIpc) is 3.02. The van der Waals surface area contributed by atoms with Crippen molar-refractivity contribution in [2.45, 2.75) is 231 Å². The van der Waals surface area contributed by atoms with Crippen LogP contribution in [0, 0.1) is 0 Å². The van der Waals surface area contributed by atoms with Crippen LogP contribution in [0.5, 0.6) is 0 Å². The Balaban J connectivity index is 3.13. The minimum absolute atomic E-state index is 0.240. The lowest BCUT2D eigenvalue weighted by Gasteiger charge is -2.07. The zero-order chi connectivity index (χ0) is 32.2. The molecule has 0 aliphatic carbocycles. The van der Waals surface area contributed by atoms with E-state index < -0.39 is 24.6 Å². The summed E-state index contributed by atoms with van der Waals surface area (Å²) in [5.41, 5.74) is 5.32. The Morgan fingerprint density at radius 1 is 0.455 bits per heavy atom. The number of ether oxygens (including phenoxy) is 1. The van der Waals surface area contributed by atoms with Gasteiger partial charge in [0.25, 0.3) is 0 Å². The van der Waals surface area contributed by atoms with Crippen LogP contribution in [0.1, 0.15) is 225 Å². The first-order valence-corrected chi connectivity index (χ1v) is 19.7. The maximum atomic E-state index is 11.6. The van der Waals surface area contributed by atoms with Gasteiger partial charge in [-0.3, -0.25) is 4.79 Å². The third-order valence-electron chi connectivity index (χ3n) is 9.20. The van der Waals surface area contributed by atoms with Crippen LogP contribution in [0.3, 0.4) is 0 Å². The van der Waals surface area contributed by atoms with E-state index in [4.69, 9.17) is 10.8 Å². The molecule has 0 amide bonds. The summed E-state index contributed by atoms with van der Waals surface area (Å²) in [6.07, 6.45) is 45.8. The van der Waals surface area contributed by atoms with Gasteiger partial charge in [0.05, 0.1) is 6.61 Å². The van der Waals surface area contributed by atoms with Crippen molar-refractivity contribution in [3.63, 3.8) is 0 Å². The number of hydrogen-bond donors (Lipinski definition) is 2. The molecule has 44 heavy (non-hydrogen) atoms. The molecule has 0 aromatic rings. The maximum Gasteiger partial charge on any atom is 0.332 e. The van der Waals surface area contributed by atoms with Crippen LogP contribution in [-0.4, -0.2) is 29.7 Å². The number of aliphatic hydroxyl groups is 1. The van der Waals surface area contributed by atoms with Gasteiger partial charge in [0.2, 0.25) is 0 Å². The standard InChI is InChI=1S/C39H77NO4/c1-2-3-4-5-6-7-8-9-10-11-12-13-14-15-16-17-18-19-20-21-22-23-24-25-26-27-28-29-30-31-32-33-34-35-38(42)44-39(43)37(40)36-41/h37,41H,2-36,40H2,1H3/t37-/m0/s1. The van der Waals surface area contributed by atoms with Gasteiger partial charge in [0.15, 0.2) is 0 Å². The number of unbranched alkanes of at least 4 members (excludes halogenated alkanes) is 32. The topological polar surface area (TPSA) is 89.6 Å². The molecule has 5 heteroatoms. The van der Waals surface area contributed by atoms with Crippen molar-refractivity contribution in [3.05, 3.63) is 0 Å². The van der Waals surface area contributed by atoms with Crippen LogP contribution in [0.2, 0.25) is 0 Å².